The Morgan fingerprint density at radius 1 is 0.275 bits per heavy atom. The minimum Gasteiger partial charge on any atom is -0.493 e. The summed E-state index contributed by atoms with van der Waals surface area (Å²) in [6.07, 6.45) is 27.0. The Morgan fingerprint density at radius 2 is 0.493 bits per heavy atom. The smallest absolute Gasteiger partial charge is 0.160 e. The Kier molecular flexibility index (Phi) is 28.8. The van der Waals surface area contributed by atoms with E-state index in [1.54, 1.807) is 56.9 Å². The lowest BCUT2D eigenvalue weighted by atomic mass is 9.70. The van der Waals surface area contributed by atoms with Crippen LogP contribution in [0.15, 0.2) is 72.8 Å². The monoisotopic (exact) mass is 1020 g/mol. The molecule has 0 atom stereocenters. The van der Waals surface area contributed by atoms with Gasteiger partial charge >= 0.3 is 0 Å². The molecule has 8 nitrogen and oxygen atoms in total. The van der Waals surface area contributed by atoms with Gasteiger partial charge in [0.2, 0.25) is 0 Å². The predicted octanol–water partition coefficient (Wildman–Crippen LogP) is 9.49. The van der Waals surface area contributed by atoms with Crippen LogP contribution < -0.4 is 58.6 Å². The first-order chi connectivity index (χ1) is 33.9. The molecule has 0 fully saturated rings. The van der Waals surface area contributed by atoms with E-state index in [1.165, 1.54) is 173 Å². The fourth-order valence-electron chi connectivity index (χ4n) is 10.7. The SMILES string of the molecule is COc1cccc([SiH2]CCCCCCC(CCCCCC[SiH2]c2cccc(OC)c2OC)(CCCCCC[SiH2]c2cccc(OC)c2OC)CCCCCC[SiH2]c2cccc(OC)c2OC)c1OC. The van der Waals surface area contributed by atoms with Gasteiger partial charge in [0.1, 0.15) is 0 Å². The summed E-state index contributed by atoms with van der Waals surface area (Å²) in [5.41, 5.74) is 0.455. The molecule has 4 aromatic rings. The maximum absolute atomic E-state index is 5.77. The molecule has 0 aliphatic rings. The first-order valence-electron chi connectivity index (χ1n) is 26.7. The molecule has 0 aromatic heterocycles. The second-order valence-electron chi connectivity index (χ2n) is 19.2. The van der Waals surface area contributed by atoms with Crippen molar-refractivity contribution in [3.05, 3.63) is 72.8 Å². The van der Waals surface area contributed by atoms with Crippen molar-refractivity contribution < 1.29 is 37.9 Å². The van der Waals surface area contributed by atoms with Gasteiger partial charge in [-0.15, -0.1) is 0 Å². The molecule has 69 heavy (non-hydrogen) atoms. The number of unbranched alkanes of at least 4 members (excludes halogenated alkanes) is 12. The third-order valence-electron chi connectivity index (χ3n) is 14.6. The van der Waals surface area contributed by atoms with E-state index in [2.05, 4.69) is 48.5 Å². The van der Waals surface area contributed by atoms with Crippen molar-refractivity contribution in [2.24, 2.45) is 5.41 Å². The number of methoxy groups -OCH3 is 8. The first kappa shape index (κ1) is 57.7. The molecule has 0 saturated heterocycles. The first-order valence-corrected chi connectivity index (χ1v) is 33.5. The molecule has 4 rings (SSSR count). The lowest BCUT2D eigenvalue weighted by Gasteiger charge is -2.35. The molecule has 0 heterocycles. The molecule has 0 aliphatic carbocycles. The zero-order chi connectivity index (χ0) is 49.4. The minimum absolute atomic E-state index is 0.404. The third-order valence-corrected chi connectivity index (χ3v) is 22.3. The molecule has 0 amide bonds. The minimum atomic E-state index is -0.404. The van der Waals surface area contributed by atoms with Crippen molar-refractivity contribution in [1.29, 1.82) is 0 Å². The normalized spacial score (nSPS) is 12.8. The molecule has 0 radical (unpaired) electrons. The standard InChI is InChI=1S/C57H92O8Si4/c1-58-45-29-25-33-49(53(45)62-5)66-41-21-13-9-17-37-57(38-18-10-14-22-42-67-50-34-26-30-46(59-2)54(50)63-6,39-19-11-15-23-43-68-51-35-27-31-47(60-3)55(51)64-7)40-20-12-16-24-44-69-52-36-28-32-48(61-4)56(52)65-8/h25-36H,9-24,37-44,66-69H2,1-8H3. The highest BCUT2D eigenvalue weighted by Gasteiger charge is 2.28. The zero-order valence-corrected chi connectivity index (χ0v) is 50.2. The topological polar surface area (TPSA) is 73.8 Å². The number of ether oxygens (including phenoxy) is 8. The van der Waals surface area contributed by atoms with Gasteiger partial charge in [-0.1, -0.05) is 175 Å². The van der Waals surface area contributed by atoms with Gasteiger partial charge in [-0.2, -0.15) is 0 Å². The number of rotatable bonds is 40. The van der Waals surface area contributed by atoms with Gasteiger partial charge in [0.05, 0.1) is 95.0 Å². The van der Waals surface area contributed by atoms with E-state index in [-0.39, 0.29) is 0 Å². The summed E-state index contributed by atoms with van der Waals surface area (Å²) in [4.78, 5) is 0. The molecule has 384 valence electrons. The number of benzene rings is 4. The van der Waals surface area contributed by atoms with Gasteiger partial charge < -0.3 is 37.9 Å². The summed E-state index contributed by atoms with van der Waals surface area (Å²) in [7, 11) is 12.4. The Balaban J connectivity index is 1.35. The van der Waals surface area contributed by atoms with Crippen LogP contribution in [0.3, 0.4) is 0 Å². The quantitative estimate of drug-likeness (QED) is 0.0323. The van der Waals surface area contributed by atoms with E-state index in [0.29, 0.717) is 5.41 Å². The van der Waals surface area contributed by atoms with E-state index in [9.17, 15) is 0 Å². The Morgan fingerprint density at radius 3 is 0.696 bits per heavy atom. The van der Waals surface area contributed by atoms with Crippen LogP contribution in [0.25, 0.3) is 0 Å². The zero-order valence-electron chi connectivity index (χ0n) is 44.5. The molecule has 4 aromatic carbocycles. The van der Waals surface area contributed by atoms with Crippen LogP contribution in [-0.4, -0.2) is 95.0 Å². The summed E-state index contributed by atoms with van der Waals surface area (Å²) in [6.45, 7) is 0. The van der Waals surface area contributed by atoms with Crippen LogP contribution in [-0.2, 0) is 0 Å². The highest BCUT2D eigenvalue weighted by molar-refractivity contribution is 6.56. The van der Waals surface area contributed by atoms with E-state index >= 15 is 0 Å². The maximum Gasteiger partial charge on any atom is 0.160 e. The van der Waals surface area contributed by atoms with Gasteiger partial charge in [0, 0.05) is 0 Å². The molecule has 0 aliphatic heterocycles. The molecule has 0 N–H and O–H groups in total. The van der Waals surface area contributed by atoms with Gasteiger partial charge in [-0.05, 0) is 76.1 Å². The van der Waals surface area contributed by atoms with Gasteiger partial charge in [0.15, 0.2) is 46.0 Å². The van der Waals surface area contributed by atoms with E-state index in [0.717, 1.165) is 46.0 Å². The van der Waals surface area contributed by atoms with E-state index < -0.39 is 38.1 Å². The fourth-order valence-corrected chi connectivity index (χ4v) is 18.1. The molecule has 0 saturated carbocycles. The third kappa shape index (κ3) is 19.7. The Bertz CT molecular complexity index is 1710. The largest absolute Gasteiger partial charge is 0.493 e. The van der Waals surface area contributed by atoms with Crippen LogP contribution in [0.4, 0.5) is 0 Å². The lowest BCUT2D eigenvalue weighted by Crippen LogP contribution is -2.22. The second kappa shape index (κ2) is 34.5. The number of hydrogen-bond acceptors (Lipinski definition) is 8. The summed E-state index contributed by atoms with van der Waals surface area (Å²) < 4.78 is 45.5. The van der Waals surface area contributed by atoms with Crippen molar-refractivity contribution in [3.63, 3.8) is 0 Å². The van der Waals surface area contributed by atoms with Crippen LogP contribution in [0.1, 0.15) is 128 Å². The highest BCUT2D eigenvalue weighted by Crippen LogP contribution is 2.42. The van der Waals surface area contributed by atoms with Crippen molar-refractivity contribution in [1.82, 2.24) is 0 Å². The summed E-state index contributed by atoms with van der Waals surface area (Å²) in [5, 5.41) is 5.57. The molecular weight excluding hydrogens is 925 g/mol. The average molecular weight is 1020 g/mol. The van der Waals surface area contributed by atoms with Crippen molar-refractivity contribution >= 4 is 58.8 Å². The maximum atomic E-state index is 5.77. The second-order valence-corrected chi connectivity index (χ2v) is 27.1. The summed E-state index contributed by atoms with van der Waals surface area (Å²) in [6, 6.07) is 30.8. The summed E-state index contributed by atoms with van der Waals surface area (Å²) in [5.74, 6) is 7.26. The van der Waals surface area contributed by atoms with Crippen LogP contribution in [0.2, 0.25) is 24.2 Å². The van der Waals surface area contributed by atoms with Crippen molar-refractivity contribution in [2.45, 2.75) is 153 Å². The van der Waals surface area contributed by atoms with Crippen LogP contribution >= 0.6 is 0 Å². The molecule has 12 heteroatoms. The number of hydrogen-bond donors (Lipinski definition) is 0. The Hall–Kier alpha value is -3.85. The highest BCUT2D eigenvalue weighted by atomic mass is 28.2. The lowest BCUT2D eigenvalue weighted by molar-refractivity contribution is 0.172. The van der Waals surface area contributed by atoms with Gasteiger partial charge in [-0.3, -0.25) is 0 Å². The van der Waals surface area contributed by atoms with Crippen molar-refractivity contribution in [2.75, 3.05) is 56.9 Å². The van der Waals surface area contributed by atoms with Crippen LogP contribution in [0.5, 0.6) is 46.0 Å². The van der Waals surface area contributed by atoms with Gasteiger partial charge in [0.25, 0.3) is 0 Å². The molecular formula is C57H92O8Si4. The average Bonchev–Trinajstić information content (AvgIpc) is 3.38. The Labute approximate surface area is 428 Å². The fraction of sp³-hybridized carbons (Fsp3) is 0.579. The molecule has 0 spiro atoms. The van der Waals surface area contributed by atoms with Crippen LogP contribution in [0, 0.1) is 5.41 Å². The van der Waals surface area contributed by atoms with E-state index in [4.69, 9.17) is 37.9 Å². The predicted molar refractivity (Wildman–Crippen MR) is 305 cm³/mol. The van der Waals surface area contributed by atoms with E-state index in [1.807, 2.05) is 24.3 Å². The van der Waals surface area contributed by atoms with Crippen molar-refractivity contribution in [3.8, 4) is 46.0 Å². The molecule has 0 bridgehead atoms. The molecule has 0 unspecified atom stereocenters. The van der Waals surface area contributed by atoms with Gasteiger partial charge in [-0.25, -0.2) is 0 Å². The summed E-state index contributed by atoms with van der Waals surface area (Å²) >= 11 is 0. The number of para-hydroxylation sites is 4.